The third-order valence-corrected chi connectivity index (χ3v) is 4.09. The topological polar surface area (TPSA) is 17.1 Å². The van der Waals surface area contributed by atoms with Gasteiger partial charge in [-0.15, -0.1) is 0 Å². The zero-order valence-electron chi connectivity index (χ0n) is 8.90. The van der Waals surface area contributed by atoms with E-state index < -0.39 is 16.6 Å². The Bertz CT molecular complexity index is 557. The van der Waals surface area contributed by atoms with Crippen molar-refractivity contribution in [2.24, 2.45) is 0 Å². The molecule has 0 fully saturated rings. The SMILES string of the molecule is O=S(Cc1ccccc1Cl)c1ccccc1F. The molecule has 0 saturated heterocycles. The molecule has 0 amide bonds. The van der Waals surface area contributed by atoms with Gasteiger partial charge in [-0.1, -0.05) is 41.9 Å². The summed E-state index contributed by atoms with van der Waals surface area (Å²) in [4.78, 5) is 0.215. The van der Waals surface area contributed by atoms with Crippen LogP contribution in [0.4, 0.5) is 4.39 Å². The molecule has 0 aromatic heterocycles. The van der Waals surface area contributed by atoms with E-state index >= 15 is 0 Å². The van der Waals surface area contributed by atoms with Crippen molar-refractivity contribution in [1.29, 1.82) is 0 Å². The first kappa shape index (κ1) is 12.3. The molecule has 0 radical (unpaired) electrons. The Morgan fingerprint density at radius 3 is 2.41 bits per heavy atom. The van der Waals surface area contributed by atoms with Crippen LogP contribution in [0.1, 0.15) is 5.56 Å². The summed E-state index contributed by atoms with van der Waals surface area (Å²) in [6.07, 6.45) is 0. The quantitative estimate of drug-likeness (QED) is 0.828. The molecule has 0 aliphatic heterocycles. The van der Waals surface area contributed by atoms with Crippen molar-refractivity contribution < 1.29 is 8.60 Å². The largest absolute Gasteiger partial charge is 0.254 e. The lowest BCUT2D eigenvalue weighted by Gasteiger charge is -2.05. The number of hydrogen-bond donors (Lipinski definition) is 0. The van der Waals surface area contributed by atoms with Gasteiger partial charge >= 0.3 is 0 Å². The average molecular weight is 269 g/mol. The Labute approximate surface area is 107 Å². The van der Waals surface area contributed by atoms with Crippen LogP contribution in [-0.2, 0) is 16.6 Å². The van der Waals surface area contributed by atoms with Crippen LogP contribution in [0.15, 0.2) is 53.4 Å². The zero-order valence-corrected chi connectivity index (χ0v) is 10.5. The van der Waals surface area contributed by atoms with Crippen molar-refractivity contribution in [3.8, 4) is 0 Å². The molecule has 1 atom stereocenters. The molecule has 17 heavy (non-hydrogen) atoms. The number of benzene rings is 2. The van der Waals surface area contributed by atoms with Gasteiger partial charge in [0.15, 0.2) is 0 Å². The van der Waals surface area contributed by atoms with E-state index in [-0.39, 0.29) is 10.6 Å². The predicted octanol–water partition coefficient (Wildman–Crippen LogP) is 3.79. The van der Waals surface area contributed by atoms with Crippen LogP contribution in [0, 0.1) is 5.82 Å². The summed E-state index contributed by atoms with van der Waals surface area (Å²) in [5.41, 5.74) is 0.760. The number of rotatable bonds is 3. The van der Waals surface area contributed by atoms with Crippen molar-refractivity contribution in [3.05, 3.63) is 64.9 Å². The van der Waals surface area contributed by atoms with Gasteiger partial charge in [0.25, 0.3) is 0 Å². The van der Waals surface area contributed by atoms with E-state index in [1.165, 1.54) is 12.1 Å². The van der Waals surface area contributed by atoms with E-state index in [4.69, 9.17) is 11.6 Å². The second-order valence-corrected chi connectivity index (χ2v) is 5.34. The van der Waals surface area contributed by atoms with E-state index in [1.54, 1.807) is 30.3 Å². The van der Waals surface area contributed by atoms with Crippen LogP contribution in [0.25, 0.3) is 0 Å². The third kappa shape index (κ3) is 2.93. The smallest absolute Gasteiger partial charge is 0.139 e. The van der Waals surface area contributed by atoms with Gasteiger partial charge in [0, 0.05) is 5.02 Å². The molecule has 2 aromatic carbocycles. The second-order valence-electron chi connectivity index (χ2n) is 3.51. The molecular weight excluding hydrogens is 259 g/mol. The normalized spacial score (nSPS) is 12.4. The highest BCUT2D eigenvalue weighted by molar-refractivity contribution is 7.84. The molecule has 0 bridgehead atoms. The second kappa shape index (κ2) is 5.43. The molecule has 4 heteroatoms. The lowest BCUT2D eigenvalue weighted by atomic mass is 10.2. The fraction of sp³-hybridized carbons (Fsp3) is 0.0769. The van der Waals surface area contributed by atoms with Crippen LogP contribution in [0.5, 0.6) is 0 Å². The van der Waals surface area contributed by atoms with Gasteiger partial charge in [-0.2, -0.15) is 0 Å². The van der Waals surface area contributed by atoms with Crippen molar-refractivity contribution >= 4 is 22.4 Å². The van der Waals surface area contributed by atoms with Crippen molar-refractivity contribution in [2.45, 2.75) is 10.6 Å². The van der Waals surface area contributed by atoms with Crippen molar-refractivity contribution in [1.82, 2.24) is 0 Å². The van der Waals surface area contributed by atoms with Gasteiger partial charge in [0.05, 0.1) is 21.4 Å². The van der Waals surface area contributed by atoms with Gasteiger partial charge in [-0.3, -0.25) is 4.21 Å². The fourth-order valence-corrected chi connectivity index (χ4v) is 2.95. The van der Waals surface area contributed by atoms with Crippen molar-refractivity contribution in [2.75, 3.05) is 0 Å². The van der Waals surface area contributed by atoms with Gasteiger partial charge < -0.3 is 0 Å². The van der Waals surface area contributed by atoms with Crippen LogP contribution in [0.2, 0.25) is 5.02 Å². The molecule has 0 aliphatic rings. The average Bonchev–Trinajstić information content (AvgIpc) is 2.32. The monoisotopic (exact) mass is 268 g/mol. The molecular formula is C13H10ClFOS. The minimum Gasteiger partial charge on any atom is -0.254 e. The minimum absolute atomic E-state index is 0.215. The summed E-state index contributed by atoms with van der Waals surface area (Å²) in [6.45, 7) is 0. The number of hydrogen-bond acceptors (Lipinski definition) is 1. The van der Waals surface area contributed by atoms with E-state index in [2.05, 4.69) is 0 Å². The van der Waals surface area contributed by atoms with Gasteiger partial charge in [0.2, 0.25) is 0 Å². The molecule has 0 aliphatic carbocycles. The molecule has 0 saturated carbocycles. The van der Waals surface area contributed by atoms with E-state index in [0.29, 0.717) is 5.02 Å². The van der Waals surface area contributed by atoms with Crippen LogP contribution >= 0.6 is 11.6 Å². The van der Waals surface area contributed by atoms with Crippen molar-refractivity contribution in [3.63, 3.8) is 0 Å². The molecule has 0 heterocycles. The highest BCUT2D eigenvalue weighted by Gasteiger charge is 2.11. The summed E-state index contributed by atoms with van der Waals surface area (Å²) >= 11 is 5.97. The summed E-state index contributed by atoms with van der Waals surface area (Å²) in [5, 5.41) is 0.553. The molecule has 0 N–H and O–H groups in total. The first-order chi connectivity index (χ1) is 8.18. The predicted molar refractivity (Wildman–Crippen MR) is 68.0 cm³/mol. The Morgan fingerprint density at radius 1 is 1.06 bits per heavy atom. The first-order valence-corrected chi connectivity index (χ1v) is 6.74. The van der Waals surface area contributed by atoms with E-state index in [1.807, 2.05) is 6.07 Å². The Hall–Kier alpha value is -1.19. The maximum Gasteiger partial charge on any atom is 0.139 e. The Morgan fingerprint density at radius 2 is 1.71 bits per heavy atom. The Balaban J connectivity index is 2.24. The van der Waals surface area contributed by atoms with Crippen LogP contribution < -0.4 is 0 Å². The van der Waals surface area contributed by atoms with Gasteiger partial charge in [-0.05, 0) is 23.8 Å². The summed E-state index contributed by atoms with van der Waals surface area (Å²) in [7, 11) is -1.42. The molecule has 1 unspecified atom stereocenters. The maximum absolute atomic E-state index is 13.4. The highest BCUT2D eigenvalue weighted by atomic mass is 35.5. The minimum atomic E-state index is -1.42. The molecule has 88 valence electrons. The van der Waals surface area contributed by atoms with Crippen LogP contribution in [-0.4, -0.2) is 4.21 Å². The molecule has 2 rings (SSSR count). The van der Waals surface area contributed by atoms with E-state index in [9.17, 15) is 8.60 Å². The lowest BCUT2D eigenvalue weighted by Crippen LogP contribution is -1.99. The highest BCUT2D eigenvalue weighted by Crippen LogP contribution is 2.20. The zero-order chi connectivity index (χ0) is 12.3. The molecule has 2 aromatic rings. The standard InChI is InChI=1S/C13H10ClFOS/c14-11-6-2-1-5-10(11)9-17(16)13-8-4-3-7-12(13)15/h1-8H,9H2. The van der Waals surface area contributed by atoms with Crippen LogP contribution in [0.3, 0.4) is 0 Å². The maximum atomic E-state index is 13.4. The summed E-state index contributed by atoms with van der Waals surface area (Å²) in [5.74, 6) is -0.224. The van der Waals surface area contributed by atoms with Gasteiger partial charge in [0.1, 0.15) is 5.82 Å². The molecule has 0 spiro atoms. The van der Waals surface area contributed by atoms with Gasteiger partial charge in [-0.25, -0.2) is 4.39 Å². The lowest BCUT2D eigenvalue weighted by molar-refractivity contribution is 0.595. The molecule has 1 nitrogen and oxygen atoms in total. The Kier molecular flexibility index (Phi) is 3.92. The first-order valence-electron chi connectivity index (χ1n) is 5.05. The number of halogens is 2. The summed E-state index contributed by atoms with van der Waals surface area (Å²) < 4.78 is 25.4. The fourth-order valence-electron chi connectivity index (χ4n) is 1.46. The third-order valence-electron chi connectivity index (χ3n) is 2.33. The summed E-state index contributed by atoms with van der Waals surface area (Å²) in [6, 6.07) is 13.2. The van der Waals surface area contributed by atoms with E-state index in [0.717, 1.165) is 5.56 Å².